The summed E-state index contributed by atoms with van der Waals surface area (Å²) in [5.41, 5.74) is 0.552. The summed E-state index contributed by atoms with van der Waals surface area (Å²) in [6.07, 6.45) is 6.45. The molecule has 2 aromatic rings. The number of anilines is 1. The van der Waals surface area contributed by atoms with Crippen molar-refractivity contribution in [3.8, 4) is 0 Å². The lowest BCUT2D eigenvalue weighted by molar-refractivity contribution is -0.121. The molecule has 0 unspecified atom stereocenters. The summed E-state index contributed by atoms with van der Waals surface area (Å²) in [4.78, 5) is 26.6. The fourth-order valence-electron chi connectivity index (χ4n) is 3.35. The second kappa shape index (κ2) is 6.34. The highest BCUT2D eigenvalue weighted by molar-refractivity contribution is 5.94. The Kier molecular flexibility index (Phi) is 4.03. The third-order valence-electron chi connectivity index (χ3n) is 4.93. The summed E-state index contributed by atoms with van der Waals surface area (Å²) in [7, 11) is 0. The van der Waals surface area contributed by atoms with E-state index < -0.39 is 0 Å². The minimum atomic E-state index is -0.113. The van der Waals surface area contributed by atoms with Crippen molar-refractivity contribution in [1.82, 2.24) is 19.7 Å². The standard InChI is InChI=1S/C17H21N5O3/c1-11-19-20-17(22(11)14-2-3-14)18-15(23)12-4-7-21(8-5-12)16(24)13-6-9-25-10-13/h6,9-10,12,14H,2-5,7-8H2,1H3,(H,18,20,23). The molecule has 0 spiro atoms. The van der Waals surface area contributed by atoms with Crippen molar-refractivity contribution in [2.75, 3.05) is 18.4 Å². The molecule has 2 amide bonds. The van der Waals surface area contributed by atoms with Crippen LogP contribution in [0.2, 0.25) is 0 Å². The Morgan fingerprint density at radius 2 is 1.96 bits per heavy atom. The Morgan fingerprint density at radius 1 is 1.20 bits per heavy atom. The Balaban J connectivity index is 1.35. The summed E-state index contributed by atoms with van der Waals surface area (Å²) in [5, 5.41) is 11.1. The number of rotatable bonds is 4. The number of hydrogen-bond acceptors (Lipinski definition) is 5. The highest BCUT2D eigenvalue weighted by Crippen LogP contribution is 2.37. The maximum absolute atomic E-state index is 12.6. The highest BCUT2D eigenvalue weighted by Gasteiger charge is 2.32. The molecule has 0 aromatic carbocycles. The number of piperidine rings is 1. The molecule has 8 heteroatoms. The van der Waals surface area contributed by atoms with E-state index in [4.69, 9.17) is 4.42 Å². The summed E-state index contributed by atoms with van der Waals surface area (Å²) in [6, 6.07) is 2.08. The molecule has 2 aromatic heterocycles. The van der Waals surface area contributed by atoms with Gasteiger partial charge in [0.25, 0.3) is 5.91 Å². The van der Waals surface area contributed by atoms with Crippen LogP contribution in [0.1, 0.15) is 47.9 Å². The number of furan rings is 1. The number of carbonyl (C=O) groups excluding carboxylic acids is 2. The number of aromatic nitrogens is 3. The summed E-state index contributed by atoms with van der Waals surface area (Å²) >= 11 is 0. The second-order valence-corrected chi connectivity index (χ2v) is 6.74. The molecule has 1 saturated carbocycles. The van der Waals surface area contributed by atoms with Crippen molar-refractivity contribution in [2.24, 2.45) is 5.92 Å². The molecular formula is C17H21N5O3. The Labute approximate surface area is 145 Å². The van der Waals surface area contributed by atoms with E-state index in [1.807, 2.05) is 11.5 Å². The van der Waals surface area contributed by atoms with Crippen LogP contribution in [-0.4, -0.2) is 44.6 Å². The number of nitrogens with zero attached hydrogens (tertiary/aromatic N) is 4. The molecule has 0 bridgehead atoms. The minimum Gasteiger partial charge on any atom is -0.472 e. The summed E-state index contributed by atoms with van der Waals surface area (Å²) in [6.45, 7) is 3.04. The van der Waals surface area contributed by atoms with Crippen LogP contribution in [0.4, 0.5) is 5.95 Å². The zero-order valence-electron chi connectivity index (χ0n) is 14.1. The normalized spacial score (nSPS) is 18.4. The van der Waals surface area contributed by atoms with Crippen molar-refractivity contribution in [1.29, 1.82) is 0 Å². The lowest BCUT2D eigenvalue weighted by atomic mass is 9.95. The highest BCUT2D eigenvalue weighted by atomic mass is 16.3. The maximum atomic E-state index is 12.6. The van der Waals surface area contributed by atoms with Crippen LogP contribution >= 0.6 is 0 Å². The molecule has 25 heavy (non-hydrogen) atoms. The van der Waals surface area contributed by atoms with Gasteiger partial charge < -0.3 is 9.32 Å². The monoisotopic (exact) mass is 343 g/mol. The van der Waals surface area contributed by atoms with Gasteiger partial charge in [-0.05, 0) is 38.7 Å². The van der Waals surface area contributed by atoms with Crippen LogP contribution in [0.3, 0.4) is 0 Å². The van der Waals surface area contributed by atoms with E-state index in [9.17, 15) is 9.59 Å². The number of carbonyl (C=O) groups is 2. The molecule has 1 aliphatic carbocycles. The number of amides is 2. The molecule has 0 radical (unpaired) electrons. The minimum absolute atomic E-state index is 0.0373. The van der Waals surface area contributed by atoms with Crippen LogP contribution in [0.15, 0.2) is 23.0 Å². The third kappa shape index (κ3) is 3.16. The molecule has 1 saturated heterocycles. The largest absolute Gasteiger partial charge is 0.472 e. The summed E-state index contributed by atoms with van der Waals surface area (Å²) in [5.74, 6) is 1.18. The van der Waals surface area contributed by atoms with Gasteiger partial charge in [-0.15, -0.1) is 10.2 Å². The van der Waals surface area contributed by atoms with Gasteiger partial charge in [-0.2, -0.15) is 0 Å². The lowest BCUT2D eigenvalue weighted by Gasteiger charge is -2.31. The number of likely N-dealkylation sites (tertiary alicyclic amines) is 1. The zero-order valence-corrected chi connectivity index (χ0v) is 14.1. The lowest BCUT2D eigenvalue weighted by Crippen LogP contribution is -2.41. The van der Waals surface area contributed by atoms with Crippen molar-refractivity contribution in [3.63, 3.8) is 0 Å². The zero-order chi connectivity index (χ0) is 17.4. The second-order valence-electron chi connectivity index (χ2n) is 6.74. The van der Waals surface area contributed by atoms with E-state index in [2.05, 4.69) is 15.5 Å². The van der Waals surface area contributed by atoms with Gasteiger partial charge in [-0.3, -0.25) is 19.5 Å². The van der Waals surface area contributed by atoms with Crippen molar-refractivity contribution < 1.29 is 14.0 Å². The Hall–Kier alpha value is -2.64. The van der Waals surface area contributed by atoms with Gasteiger partial charge in [0.2, 0.25) is 11.9 Å². The smallest absolute Gasteiger partial charge is 0.257 e. The maximum Gasteiger partial charge on any atom is 0.257 e. The third-order valence-corrected chi connectivity index (χ3v) is 4.93. The van der Waals surface area contributed by atoms with Crippen molar-refractivity contribution in [3.05, 3.63) is 30.0 Å². The van der Waals surface area contributed by atoms with E-state index in [0.29, 0.717) is 43.5 Å². The van der Waals surface area contributed by atoms with Gasteiger partial charge in [0.1, 0.15) is 12.1 Å². The molecular weight excluding hydrogens is 322 g/mol. The van der Waals surface area contributed by atoms with Gasteiger partial charge in [-0.25, -0.2) is 0 Å². The number of aryl methyl sites for hydroxylation is 1. The van der Waals surface area contributed by atoms with E-state index in [1.54, 1.807) is 11.0 Å². The first-order valence-electron chi connectivity index (χ1n) is 8.67. The first-order valence-corrected chi connectivity index (χ1v) is 8.67. The predicted molar refractivity (Wildman–Crippen MR) is 89.0 cm³/mol. The Morgan fingerprint density at radius 3 is 2.60 bits per heavy atom. The fraction of sp³-hybridized carbons (Fsp3) is 0.529. The average molecular weight is 343 g/mol. The molecule has 3 heterocycles. The first-order chi connectivity index (χ1) is 12.1. The molecule has 1 N–H and O–H groups in total. The van der Waals surface area contributed by atoms with Crippen LogP contribution < -0.4 is 5.32 Å². The SMILES string of the molecule is Cc1nnc(NC(=O)C2CCN(C(=O)c3ccoc3)CC2)n1C1CC1. The van der Waals surface area contributed by atoms with Gasteiger partial charge in [0, 0.05) is 25.0 Å². The van der Waals surface area contributed by atoms with Gasteiger partial charge in [-0.1, -0.05) is 0 Å². The first kappa shape index (κ1) is 15.9. The van der Waals surface area contributed by atoms with Gasteiger partial charge in [0.05, 0.1) is 11.8 Å². The fourth-order valence-corrected chi connectivity index (χ4v) is 3.35. The summed E-state index contributed by atoms with van der Waals surface area (Å²) < 4.78 is 6.97. The molecule has 2 fully saturated rings. The molecule has 2 aliphatic rings. The van der Waals surface area contributed by atoms with E-state index in [-0.39, 0.29) is 17.7 Å². The molecule has 132 valence electrons. The van der Waals surface area contributed by atoms with Crippen LogP contribution in [0.5, 0.6) is 0 Å². The topological polar surface area (TPSA) is 93.3 Å². The molecule has 8 nitrogen and oxygen atoms in total. The Bertz CT molecular complexity index is 770. The quantitative estimate of drug-likeness (QED) is 0.916. The van der Waals surface area contributed by atoms with Crippen molar-refractivity contribution >= 4 is 17.8 Å². The number of hydrogen-bond donors (Lipinski definition) is 1. The number of nitrogens with one attached hydrogen (secondary N) is 1. The van der Waals surface area contributed by atoms with Gasteiger partial charge in [0.15, 0.2) is 0 Å². The molecule has 0 atom stereocenters. The van der Waals surface area contributed by atoms with Crippen molar-refractivity contribution in [2.45, 2.75) is 38.6 Å². The average Bonchev–Trinajstić information content (AvgIpc) is 3.17. The predicted octanol–water partition coefficient (Wildman–Crippen LogP) is 2.01. The van der Waals surface area contributed by atoms with Gasteiger partial charge >= 0.3 is 0 Å². The van der Waals surface area contributed by atoms with Crippen LogP contribution in [0, 0.1) is 12.8 Å². The van der Waals surface area contributed by atoms with E-state index >= 15 is 0 Å². The van der Waals surface area contributed by atoms with Crippen LogP contribution in [-0.2, 0) is 4.79 Å². The van der Waals surface area contributed by atoms with E-state index in [1.165, 1.54) is 12.5 Å². The van der Waals surface area contributed by atoms with E-state index in [0.717, 1.165) is 18.7 Å². The molecule has 4 rings (SSSR count). The van der Waals surface area contributed by atoms with Crippen LogP contribution in [0.25, 0.3) is 0 Å². The molecule has 1 aliphatic heterocycles.